The minimum absolute atomic E-state index is 1.05. The van der Waals surface area contributed by atoms with E-state index in [1.165, 1.54) is 35.1 Å². The molecule has 0 atom stereocenters. The van der Waals surface area contributed by atoms with Gasteiger partial charge in [0.15, 0.2) is 0 Å². The number of hydrogen-bond acceptors (Lipinski definition) is 0. The van der Waals surface area contributed by atoms with E-state index in [1.807, 2.05) is 13.8 Å². The molecule has 0 bridgehead atoms. The van der Waals surface area contributed by atoms with Crippen LogP contribution >= 0.6 is 0 Å². The SMILES string of the molecule is CC.Cc1ccc2c(c1C)C#CCCC2. The van der Waals surface area contributed by atoms with Gasteiger partial charge in [0.05, 0.1) is 0 Å². The molecule has 0 heterocycles. The molecule has 0 fully saturated rings. The molecule has 1 aromatic carbocycles. The van der Waals surface area contributed by atoms with Gasteiger partial charge in [-0.15, -0.1) is 0 Å². The molecule has 0 N–H and O–H groups in total. The predicted octanol–water partition coefficient (Wildman–Crippen LogP) is 4.02. The topological polar surface area (TPSA) is 0 Å². The largest absolute Gasteiger partial charge is 0.0979 e. The highest BCUT2D eigenvalue weighted by molar-refractivity contribution is 5.50. The third-order valence-electron chi connectivity index (χ3n) is 2.78. The zero-order valence-electron chi connectivity index (χ0n) is 10.3. The van der Waals surface area contributed by atoms with E-state index in [4.69, 9.17) is 0 Å². The predicted molar refractivity (Wildman–Crippen MR) is 67.1 cm³/mol. The highest BCUT2D eigenvalue weighted by atomic mass is 14.1. The van der Waals surface area contributed by atoms with Crippen molar-refractivity contribution < 1.29 is 0 Å². The molecule has 0 heteroatoms. The molecule has 0 unspecified atom stereocenters. The molecule has 1 aliphatic carbocycles. The summed E-state index contributed by atoms with van der Waals surface area (Å²) >= 11 is 0. The number of hydrogen-bond donors (Lipinski definition) is 0. The van der Waals surface area contributed by atoms with Crippen LogP contribution in [0.5, 0.6) is 0 Å². The van der Waals surface area contributed by atoms with Gasteiger partial charge in [0.2, 0.25) is 0 Å². The summed E-state index contributed by atoms with van der Waals surface area (Å²) in [6, 6.07) is 4.44. The Kier molecular flexibility index (Phi) is 4.43. The van der Waals surface area contributed by atoms with E-state index in [1.54, 1.807) is 0 Å². The van der Waals surface area contributed by atoms with Crippen LogP contribution in [0, 0.1) is 25.7 Å². The molecule has 0 spiro atoms. The molecule has 0 radical (unpaired) electrons. The van der Waals surface area contributed by atoms with Crippen molar-refractivity contribution in [2.75, 3.05) is 0 Å². The zero-order valence-corrected chi connectivity index (χ0v) is 10.3. The summed E-state index contributed by atoms with van der Waals surface area (Å²) in [6.07, 6.45) is 3.44. The van der Waals surface area contributed by atoms with Crippen LogP contribution in [0.4, 0.5) is 0 Å². The third-order valence-corrected chi connectivity index (χ3v) is 2.78. The Bertz CT molecular complexity index is 388. The van der Waals surface area contributed by atoms with Crippen molar-refractivity contribution in [2.24, 2.45) is 0 Å². The van der Waals surface area contributed by atoms with E-state index in [2.05, 4.69) is 37.8 Å². The van der Waals surface area contributed by atoms with Gasteiger partial charge in [-0.2, -0.15) is 0 Å². The third kappa shape index (κ3) is 2.63. The van der Waals surface area contributed by atoms with Crippen LogP contribution in [0.15, 0.2) is 12.1 Å². The normalized spacial score (nSPS) is 12.5. The first-order valence-corrected chi connectivity index (χ1v) is 5.87. The first-order chi connectivity index (χ1) is 7.29. The Hall–Kier alpha value is -1.22. The van der Waals surface area contributed by atoms with Crippen LogP contribution in [0.1, 0.15) is 48.9 Å². The lowest BCUT2D eigenvalue weighted by Crippen LogP contribution is -1.94. The van der Waals surface area contributed by atoms with Crippen LogP contribution < -0.4 is 0 Å². The minimum atomic E-state index is 1.05. The monoisotopic (exact) mass is 200 g/mol. The quantitative estimate of drug-likeness (QED) is 0.555. The van der Waals surface area contributed by atoms with E-state index in [9.17, 15) is 0 Å². The van der Waals surface area contributed by atoms with E-state index >= 15 is 0 Å². The van der Waals surface area contributed by atoms with Crippen molar-refractivity contribution in [3.63, 3.8) is 0 Å². The van der Waals surface area contributed by atoms with E-state index in [0.717, 1.165) is 6.42 Å². The lowest BCUT2D eigenvalue weighted by molar-refractivity contribution is 0.861. The van der Waals surface area contributed by atoms with Crippen LogP contribution in [0.25, 0.3) is 0 Å². The Morgan fingerprint density at radius 3 is 2.60 bits per heavy atom. The summed E-state index contributed by atoms with van der Waals surface area (Å²) in [5.41, 5.74) is 5.45. The molecule has 0 saturated heterocycles. The van der Waals surface area contributed by atoms with Crippen molar-refractivity contribution in [1.82, 2.24) is 0 Å². The summed E-state index contributed by atoms with van der Waals surface area (Å²) in [5, 5.41) is 0. The second-order valence-electron chi connectivity index (χ2n) is 3.70. The van der Waals surface area contributed by atoms with Gasteiger partial charge in [-0.05, 0) is 43.4 Å². The van der Waals surface area contributed by atoms with Crippen LogP contribution in [-0.2, 0) is 6.42 Å². The first kappa shape index (κ1) is 11.9. The lowest BCUT2D eigenvalue weighted by Gasteiger charge is -2.08. The van der Waals surface area contributed by atoms with Crippen molar-refractivity contribution in [2.45, 2.75) is 47.0 Å². The van der Waals surface area contributed by atoms with Crippen molar-refractivity contribution in [3.05, 3.63) is 34.4 Å². The molecule has 0 nitrogen and oxygen atoms in total. The molecular weight excluding hydrogens is 180 g/mol. The van der Waals surface area contributed by atoms with Gasteiger partial charge in [-0.1, -0.05) is 37.8 Å². The van der Waals surface area contributed by atoms with Gasteiger partial charge in [0, 0.05) is 12.0 Å². The summed E-state index contributed by atoms with van der Waals surface area (Å²) in [5.74, 6) is 6.51. The van der Waals surface area contributed by atoms with Gasteiger partial charge in [-0.25, -0.2) is 0 Å². The summed E-state index contributed by atoms with van der Waals surface area (Å²) in [7, 11) is 0. The molecule has 0 aliphatic heterocycles. The fourth-order valence-corrected chi connectivity index (χ4v) is 1.77. The maximum absolute atomic E-state index is 3.28. The first-order valence-electron chi connectivity index (χ1n) is 5.87. The fraction of sp³-hybridized carbons (Fsp3) is 0.467. The number of fused-ring (bicyclic) bond motifs is 1. The molecule has 0 saturated carbocycles. The highest BCUT2D eigenvalue weighted by Crippen LogP contribution is 2.20. The van der Waals surface area contributed by atoms with Crippen molar-refractivity contribution in [1.29, 1.82) is 0 Å². The average Bonchev–Trinajstić information content (AvgIpc) is 2.52. The van der Waals surface area contributed by atoms with E-state index in [-0.39, 0.29) is 0 Å². The Morgan fingerprint density at radius 2 is 1.87 bits per heavy atom. The van der Waals surface area contributed by atoms with Gasteiger partial charge < -0.3 is 0 Å². The van der Waals surface area contributed by atoms with Gasteiger partial charge in [0.25, 0.3) is 0 Å². The summed E-state index contributed by atoms with van der Waals surface area (Å²) in [6.45, 7) is 8.33. The molecule has 0 aromatic heterocycles. The van der Waals surface area contributed by atoms with Crippen LogP contribution in [0.2, 0.25) is 0 Å². The maximum atomic E-state index is 3.28. The van der Waals surface area contributed by atoms with Crippen LogP contribution in [0.3, 0.4) is 0 Å². The molecule has 1 aliphatic rings. The zero-order chi connectivity index (χ0) is 11.3. The highest BCUT2D eigenvalue weighted by Gasteiger charge is 2.07. The Labute approximate surface area is 93.7 Å². The smallest absolute Gasteiger partial charge is 0.0309 e. The van der Waals surface area contributed by atoms with Gasteiger partial charge >= 0.3 is 0 Å². The summed E-state index contributed by atoms with van der Waals surface area (Å²) < 4.78 is 0. The van der Waals surface area contributed by atoms with E-state index in [0.29, 0.717) is 0 Å². The lowest BCUT2D eigenvalue weighted by atomic mass is 9.96. The second-order valence-corrected chi connectivity index (χ2v) is 3.70. The number of aryl methyl sites for hydroxylation is 2. The van der Waals surface area contributed by atoms with Gasteiger partial charge in [-0.3, -0.25) is 0 Å². The number of benzene rings is 1. The maximum Gasteiger partial charge on any atom is 0.0309 e. The molecule has 80 valence electrons. The average molecular weight is 200 g/mol. The minimum Gasteiger partial charge on any atom is -0.0979 e. The van der Waals surface area contributed by atoms with Crippen molar-refractivity contribution in [3.8, 4) is 11.8 Å². The molecule has 15 heavy (non-hydrogen) atoms. The van der Waals surface area contributed by atoms with Gasteiger partial charge in [0.1, 0.15) is 0 Å². The van der Waals surface area contributed by atoms with Crippen molar-refractivity contribution >= 4 is 0 Å². The summed E-state index contributed by atoms with van der Waals surface area (Å²) in [4.78, 5) is 0. The molecule has 2 rings (SSSR count). The van der Waals surface area contributed by atoms with E-state index < -0.39 is 0 Å². The molecular formula is C15H20. The van der Waals surface area contributed by atoms with Crippen LogP contribution in [-0.4, -0.2) is 0 Å². The second kappa shape index (κ2) is 5.61. The number of rotatable bonds is 0. The fourth-order valence-electron chi connectivity index (χ4n) is 1.77. The molecule has 0 amide bonds. The molecule has 1 aromatic rings. The Balaban J connectivity index is 0.000000531. The standard InChI is InChI=1S/C13H14.C2H6/c1-10-8-9-12-6-4-3-5-7-13(12)11(10)2;1-2/h8-9H,3-4,6H2,1-2H3;1-2H3. The Morgan fingerprint density at radius 1 is 1.13 bits per heavy atom.